The quantitative estimate of drug-likeness (QED) is 0.441. The maximum absolute atomic E-state index is 12.0. The molecule has 114 valence electrons. The van der Waals surface area contributed by atoms with Crippen LogP contribution in [-0.2, 0) is 4.74 Å². The van der Waals surface area contributed by atoms with Crippen LogP contribution in [0.2, 0.25) is 0 Å². The number of halogens is 1. The summed E-state index contributed by atoms with van der Waals surface area (Å²) in [5.74, 6) is 0.410. The number of hydrogen-bond donors (Lipinski definition) is 1. The number of hydrogen-bond acceptors (Lipinski definition) is 4. The molecule has 0 spiro atoms. The Morgan fingerprint density at radius 2 is 2.24 bits per heavy atom. The number of rotatable bonds is 8. The van der Waals surface area contributed by atoms with E-state index in [2.05, 4.69) is 21.2 Å². The lowest BCUT2D eigenvalue weighted by atomic mass is 10.2. The molecule has 1 aliphatic rings. The number of nitrogens with one attached hydrogen (secondary N) is 1. The van der Waals surface area contributed by atoms with Crippen molar-refractivity contribution in [2.45, 2.75) is 19.3 Å². The number of carbonyl (C=O) groups excluding carboxylic acids is 1. The molecule has 1 N–H and O–H groups in total. The van der Waals surface area contributed by atoms with Crippen LogP contribution in [0.15, 0.2) is 22.7 Å². The molecule has 1 saturated carbocycles. The van der Waals surface area contributed by atoms with Crippen molar-refractivity contribution in [1.82, 2.24) is 5.32 Å². The highest BCUT2D eigenvalue weighted by atomic mass is 79.9. The Labute approximate surface area is 131 Å². The van der Waals surface area contributed by atoms with Crippen molar-refractivity contribution in [2.24, 2.45) is 5.92 Å². The summed E-state index contributed by atoms with van der Waals surface area (Å²) in [4.78, 5) is 22.2. The maximum atomic E-state index is 12.0. The standard InChI is InChI=1S/C14H17BrN2O4/c15-13-5-4-11(17(19)20)8-12(13)14(18)16-6-1-7-21-9-10-2-3-10/h4-5,8,10H,1-3,6-7,9H2,(H,16,18). The van der Waals surface area contributed by atoms with Gasteiger partial charge in [-0.05, 0) is 47.2 Å². The van der Waals surface area contributed by atoms with Crippen molar-refractivity contribution in [1.29, 1.82) is 0 Å². The van der Waals surface area contributed by atoms with E-state index in [1.807, 2.05) is 0 Å². The minimum Gasteiger partial charge on any atom is -0.381 e. The van der Waals surface area contributed by atoms with Gasteiger partial charge in [-0.2, -0.15) is 0 Å². The first-order valence-corrected chi connectivity index (χ1v) is 7.67. The van der Waals surface area contributed by atoms with E-state index < -0.39 is 4.92 Å². The molecule has 7 heteroatoms. The third-order valence-electron chi connectivity index (χ3n) is 3.21. The molecule has 0 aliphatic heterocycles. The van der Waals surface area contributed by atoms with Crippen LogP contribution in [0, 0.1) is 16.0 Å². The van der Waals surface area contributed by atoms with Crippen LogP contribution in [0.5, 0.6) is 0 Å². The van der Waals surface area contributed by atoms with Crippen molar-refractivity contribution in [2.75, 3.05) is 19.8 Å². The van der Waals surface area contributed by atoms with E-state index in [9.17, 15) is 14.9 Å². The lowest BCUT2D eigenvalue weighted by Crippen LogP contribution is -2.25. The molecular weight excluding hydrogens is 340 g/mol. The van der Waals surface area contributed by atoms with Gasteiger partial charge in [0.2, 0.25) is 0 Å². The highest BCUT2D eigenvalue weighted by Gasteiger charge is 2.20. The Morgan fingerprint density at radius 1 is 1.48 bits per heavy atom. The van der Waals surface area contributed by atoms with Gasteiger partial charge in [-0.1, -0.05) is 0 Å². The molecule has 1 amide bonds. The fourth-order valence-corrected chi connectivity index (χ4v) is 2.23. The van der Waals surface area contributed by atoms with Gasteiger partial charge in [-0.3, -0.25) is 14.9 Å². The Morgan fingerprint density at radius 3 is 2.90 bits per heavy atom. The van der Waals surface area contributed by atoms with Gasteiger partial charge >= 0.3 is 0 Å². The Kier molecular flexibility index (Phi) is 5.69. The molecule has 0 atom stereocenters. The van der Waals surface area contributed by atoms with Crippen LogP contribution in [0.25, 0.3) is 0 Å². The van der Waals surface area contributed by atoms with Crippen molar-refractivity contribution < 1.29 is 14.5 Å². The molecule has 0 bridgehead atoms. The monoisotopic (exact) mass is 356 g/mol. The summed E-state index contributed by atoms with van der Waals surface area (Å²) in [5, 5.41) is 13.5. The number of non-ortho nitro benzene ring substituents is 1. The largest absolute Gasteiger partial charge is 0.381 e. The molecule has 1 aromatic rings. The number of nitro groups is 1. The first-order chi connectivity index (χ1) is 10.1. The van der Waals surface area contributed by atoms with Gasteiger partial charge in [0, 0.05) is 36.4 Å². The van der Waals surface area contributed by atoms with E-state index in [4.69, 9.17) is 4.74 Å². The van der Waals surface area contributed by atoms with Gasteiger partial charge in [-0.25, -0.2) is 0 Å². The van der Waals surface area contributed by atoms with E-state index in [1.165, 1.54) is 31.0 Å². The number of benzene rings is 1. The van der Waals surface area contributed by atoms with Crippen LogP contribution in [0.1, 0.15) is 29.6 Å². The number of ether oxygens (including phenoxy) is 1. The predicted molar refractivity (Wildman–Crippen MR) is 81.3 cm³/mol. The van der Waals surface area contributed by atoms with E-state index in [-0.39, 0.29) is 17.2 Å². The first-order valence-electron chi connectivity index (χ1n) is 6.88. The summed E-state index contributed by atoms with van der Waals surface area (Å²) in [6.45, 7) is 1.91. The van der Waals surface area contributed by atoms with E-state index in [0.29, 0.717) is 17.6 Å². The van der Waals surface area contributed by atoms with Crippen molar-refractivity contribution in [3.05, 3.63) is 38.3 Å². The zero-order chi connectivity index (χ0) is 15.2. The summed E-state index contributed by atoms with van der Waals surface area (Å²) in [6.07, 6.45) is 3.25. The topological polar surface area (TPSA) is 81.5 Å². The normalized spacial score (nSPS) is 14.0. The fourth-order valence-electron chi connectivity index (χ4n) is 1.81. The Hall–Kier alpha value is -1.47. The zero-order valence-corrected chi connectivity index (χ0v) is 13.1. The third kappa shape index (κ3) is 5.09. The van der Waals surface area contributed by atoms with Crippen LogP contribution >= 0.6 is 15.9 Å². The second kappa shape index (κ2) is 7.51. The molecular formula is C14H17BrN2O4. The van der Waals surface area contributed by atoms with Crippen molar-refractivity contribution >= 4 is 27.5 Å². The van der Waals surface area contributed by atoms with Gasteiger partial charge in [-0.15, -0.1) is 0 Å². The van der Waals surface area contributed by atoms with Crippen molar-refractivity contribution in [3.8, 4) is 0 Å². The predicted octanol–water partition coefficient (Wildman–Crippen LogP) is 2.90. The molecule has 0 heterocycles. The summed E-state index contributed by atoms with van der Waals surface area (Å²) < 4.78 is 6.01. The molecule has 21 heavy (non-hydrogen) atoms. The second-order valence-electron chi connectivity index (χ2n) is 5.05. The smallest absolute Gasteiger partial charge is 0.270 e. The van der Waals surface area contributed by atoms with Gasteiger partial charge in [0.15, 0.2) is 0 Å². The zero-order valence-electron chi connectivity index (χ0n) is 11.5. The van der Waals surface area contributed by atoms with Gasteiger partial charge < -0.3 is 10.1 Å². The molecule has 0 saturated heterocycles. The molecule has 1 aliphatic carbocycles. The summed E-state index contributed by atoms with van der Waals surface area (Å²) in [7, 11) is 0. The summed E-state index contributed by atoms with van der Waals surface area (Å²) in [6, 6.07) is 4.13. The highest BCUT2D eigenvalue weighted by molar-refractivity contribution is 9.10. The summed E-state index contributed by atoms with van der Waals surface area (Å²) in [5.41, 5.74) is 0.166. The minimum absolute atomic E-state index is 0.101. The number of nitrogens with zero attached hydrogens (tertiary/aromatic N) is 1. The number of amides is 1. The van der Waals surface area contributed by atoms with E-state index in [1.54, 1.807) is 0 Å². The van der Waals surface area contributed by atoms with E-state index >= 15 is 0 Å². The van der Waals surface area contributed by atoms with Crippen molar-refractivity contribution in [3.63, 3.8) is 0 Å². The minimum atomic E-state index is -0.519. The Balaban J connectivity index is 1.76. The highest BCUT2D eigenvalue weighted by Crippen LogP contribution is 2.28. The van der Waals surface area contributed by atoms with Gasteiger partial charge in [0.25, 0.3) is 11.6 Å². The second-order valence-corrected chi connectivity index (χ2v) is 5.90. The summed E-state index contributed by atoms with van der Waals surface area (Å²) >= 11 is 3.23. The lowest BCUT2D eigenvalue weighted by Gasteiger charge is -2.07. The number of nitro benzene ring substituents is 1. The van der Waals surface area contributed by atoms with Crippen LogP contribution in [0.4, 0.5) is 5.69 Å². The van der Waals surface area contributed by atoms with Crippen LogP contribution in [-0.4, -0.2) is 30.6 Å². The van der Waals surface area contributed by atoms with Crippen LogP contribution in [0.3, 0.4) is 0 Å². The third-order valence-corrected chi connectivity index (χ3v) is 3.90. The van der Waals surface area contributed by atoms with E-state index in [0.717, 1.165) is 18.9 Å². The Bertz CT molecular complexity index is 532. The maximum Gasteiger partial charge on any atom is 0.270 e. The fraction of sp³-hybridized carbons (Fsp3) is 0.500. The molecule has 0 aromatic heterocycles. The molecule has 0 radical (unpaired) electrons. The number of carbonyl (C=O) groups is 1. The van der Waals surface area contributed by atoms with Gasteiger partial charge in [0.1, 0.15) is 0 Å². The molecule has 2 rings (SSSR count). The first kappa shape index (κ1) is 15.9. The average Bonchev–Trinajstić information content (AvgIpc) is 3.26. The molecule has 1 aromatic carbocycles. The molecule has 6 nitrogen and oxygen atoms in total. The van der Waals surface area contributed by atoms with Crippen LogP contribution < -0.4 is 5.32 Å². The SMILES string of the molecule is O=C(NCCCOCC1CC1)c1cc([N+](=O)[O-])ccc1Br. The average molecular weight is 357 g/mol. The molecule has 1 fully saturated rings. The van der Waals surface area contributed by atoms with Gasteiger partial charge in [0.05, 0.1) is 10.5 Å². The molecule has 0 unspecified atom stereocenters. The lowest BCUT2D eigenvalue weighted by molar-refractivity contribution is -0.384.